The van der Waals surface area contributed by atoms with Crippen LogP contribution in [0.5, 0.6) is 0 Å². The SMILES string of the molecule is O=Cc1cccc(C2(F)CCOC2)c1. The third kappa shape index (κ3) is 1.55. The van der Waals surface area contributed by atoms with Crippen LogP contribution in [0.3, 0.4) is 0 Å². The van der Waals surface area contributed by atoms with Gasteiger partial charge in [0.1, 0.15) is 6.29 Å². The lowest BCUT2D eigenvalue weighted by molar-refractivity contribution is 0.110. The molecular formula is C11H11FO2. The molecule has 0 aromatic heterocycles. The Balaban J connectivity index is 2.35. The van der Waals surface area contributed by atoms with E-state index in [1.54, 1.807) is 24.3 Å². The van der Waals surface area contributed by atoms with Crippen LogP contribution < -0.4 is 0 Å². The standard InChI is InChI=1S/C11H11FO2/c12-11(4-5-14-8-11)10-3-1-2-9(6-10)7-13/h1-3,6-7H,4-5,8H2. The first-order chi connectivity index (χ1) is 6.74. The summed E-state index contributed by atoms with van der Waals surface area (Å²) in [5.74, 6) is 0. The van der Waals surface area contributed by atoms with Crippen LogP contribution in [0.1, 0.15) is 22.3 Å². The van der Waals surface area contributed by atoms with Crippen LogP contribution in [0, 0.1) is 0 Å². The van der Waals surface area contributed by atoms with Crippen molar-refractivity contribution in [2.24, 2.45) is 0 Å². The van der Waals surface area contributed by atoms with Gasteiger partial charge in [0, 0.05) is 12.0 Å². The van der Waals surface area contributed by atoms with Crippen molar-refractivity contribution in [2.75, 3.05) is 13.2 Å². The van der Waals surface area contributed by atoms with Crippen molar-refractivity contribution in [1.29, 1.82) is 0 Å². The van der Waals surface area contributed by atoms with Crippen LogP contribution >= 0.6 is 0 Å². The lowest BCUT2D eigenvalue weighted by Crippen LogP contribution is -2.19. The largest absolute Gasteiger partial charge is 0.378 e. The molecule has 2 nitrogen and oxygen atoms in total. The molecule has 1 fully saturated rings. The summed E-state index contributed by atoms with van der Waals surface area (Å²) in [6.45, 7) is 0.539. The molecule has 1 aliphatic heterocycles. The van der Waals surface area contributed by atoms with Crippen molar-refractivity contribution >= 4 is 6.29 Å². The minimum Gasteiger partial charge on any atom is -0.378 e. The number of ether oxygens (including phenoxy) is 1. The molecule has 1 aromatic carbocycles. The van der Waals surface area contributed by atoms with Crippen LogP contribution in [-0.4, -0.2) is 19.5 Å². The molecule has 3 heteroatoms. The van der Waals surface area contributed by atoms with Crippen molar-refractivity contribution < 1.29 is 13.9 Å². The summed E-state index contributed by atoms with van der Waals surface area (Å²) in [5.41, 5.74) is -0.357. The molecule has 1 atom stereocenters. The van der Waals surface area contributed by atoms with E-state index in [0.717, 1.165) is 6.29 Å². The average molecular weight is 194 g/mol. The van der Waals surface area contributed by atoms with Crippen molar-refractivity contribution in [3.05, 3.63) is 35.4 Å². The highest BCUT2D eigenvalue weighted by molar-refractivity contribution is 5.75. The molecule has 1 aromatic rings. The molecular weight excluding hydrogens is 183 g/mol. The average Bonchev–Trinajstić information content (AvgIpc) is 2.67. The van der Waals surface area contributed by atoms with Gasteiger partial charge in [-0.3, -0.25) is 4.79 Å². The van der Waals surface area contributed by atoms with E-state index in [-0.39, 0.29) is 6.61 Å². The second kappa shape index (κ2) is 3.50. The third-order valence-corrected chi connectivity index (χ3v) is 2.51. The lowest BCUT2D eigenvalue weighted by Gasteiger charge is -2.17. The van der Waals surface area contributed by atoms with Gasteiger partial charge in [-0.25, -0.2) is 4.39 Å². The molecule has 1 unspecified atom stereocenters. The molecule has 0 bridgehead atoms. The molecule has 74 valence electrons. The summed E-state index contributed by atoms with van der Waals surface area (Å²) in [4.78, 5) is 10.5. The maximum atomic E-state index is 14.1. The fourth-order valence-corrected chi connectivity index (χ4v) is 1.66. The molecule has 1 saturated heterocycles. The zero-order valence-electron chi connectivity index (χ0n) is 7.70. The summed E-state index contributed by atoms with van der Waals surface area (Å²) in [6.07, 6.45) is 1.10. The molecule has 0 amide bonds. The summed E-state index contributed by atoms with van der Waals surface area (Å²) in [5, 5.41) is 0. The Morgan fingerprint density at radius 2 is 2.36 bits per heavy atom. The van der Waals surface area contributed by atoms with E-state index < -0.39 is 5.67 Å². The highest BCUT2D eigenvalue weighted by atomic mass is 19.1. The predicted molar refractivity (Wildman–Crippen MR) is 50.1 cm³/mol. The van der Waals surface area contributed by atoms with E-state index in [0.29, 0.717) is 24.2 Å². The Morgan fingerprint density at radius 3 is 3.00 bits per heavy atom. The number of rotatable bonds is 2. The number of hydrogen-bond donors (Lipinski definition) is 0. The van der Waals surface area contributed by atoms with Crippen molar-refractivity contribution in [3.63, 3.8) is 0 Å². The number of alkyl halides is 1. The zero-order valence-corrected chi connectivity index (χ0v) is 7.70. The van der Waals surface area contributed by atoms with Gasteiger partial charge in [-0.15, -0.1) is 0 Å². The maximum absolute atomic E-state index is 14.1. The highest BCUT2D eigenvalue weighted by Crippen LogP contribution is 2.34. The van der Waals surface area contributed by atoms with Crippen molar-refractivity contribution in [1.82, 2.24) is 0 Å². The number of carbonyl (C=O) groups is 1. The Labute approximate surface area is 81.7 Å². The normalized spacial score (nSPS) is 26.4. The quantitative estimate of drug-likeness (QED) is 0.674. The van der Waals surface area contributed by atoms with E-state index in [4.69, 9.17) is 4.74 Å². The molecule has 1 aliphatic rings. The first-order valence-corrected chi connectivity index (χ1v) is 4.57. The van der Waals surface area contributed by atoms with Gasteiger partial charge in [0.2, 0.25) is 0 Å². The van der Waals surface area contributed by atoms with Gasteiger partial charge < -0.3 is 4.74 Å². The third-order valence-electron chi connectivity index (χ3n) is 2.51. The minimum atomic E-state index is -1.40. The molecule has 0 aliphatic carbocycles. The first-order valence-electron chi connectivity index (χ1n) is 4.57. The van der Waals surface area contributed by atoms with Gasteiger partial charge in [-0.1, -0.05) is 18.2 Å². The second-order valence-electron chi connectivity index (χ2n) is 3.51. The zero-order chi connectivity index (χ0) is 10.0. The van der Waals surface area contributed by atoms with Crippen LogP contribution in [-0.2, 0) is 10.4 Å². The summed E-state index contributed by atoms with van der Waals surface area (Å²) < 4.78 is 19.1. The van der Waals surface area contributed by atoms with Crippen LogP contribution in [0.2, 0.25) is 0 Å². The van der Waals surface area contributed by atoms with E-state index in [2.05, 4.69) is 0 Å². The van der Waals surface area contributed by atoms with Crippen LogP contribution in [0.4, 0.5) is 4.39 Å². The summed E-state index contributed by atoms with van der Waals surface area (Å²) in [6, 6.07) is 6.64. The molecule has 0 N–H and O–H groups in total. The number of carbonyl (C=O) groups excluding carboxylic acids is 1. The predicted octanol–water partition coefficient (Wildman–Crippen LogP) is 2.08. The fraction of sp³-hybridized carbons (Fsp3) is 0.364. The van der Waals surface area contributed by atoms with Gasteiger partial charge in [-0.05, 0) is 11.6 Å². The van der Waals surface area contributed by atoms with Gasteiger partial charge in [0.05, 0.1) is 13.2 Å². The molecule has 0 saturated carbocycles. The van der Waals surface area contributed by atoms with E-state index >= 15 is 0 Å². The molecule has 0 spiro atoms. The van der Waals surface area contributed by atoms with Gasteiger partial charge in [0.15, 0.2) is 5.67 Å². The Kier molecular flexibility index (Phi) is 2.33. The van der Waals surface area contributed by atoms with E-state index in [1.807, 2.05) is 0 Å². The molecule has 0 radical (unpaired) electrons. The number of halogens is 1. The number of hydrogen-bond acceptors (Lipinski definition) is 2. The fourth-order valence-electron chi connectivity index (χ4n) is 1.66. The molecule has 1 heterocycles. The van der Waals surface area contributed by atoms with Crippen molar-refractivity contribution in [3.8, 4) is 0 Å². The number of aldehydes is 1. The highest BCUT2D eigenvalue weighted by Gasteiger charge is 2.36. The molecule has 14 heavy (non-hydrogen) atoms. The Bertz CT molecular complexity index is 343. The lowest BCUT2D eigenvalue weighted by atomic mass is 9.94. The van der Waals surface area contributed by atoms with Gasteiger partial charge in [-0.2, -0.15) is 0 Å². The van der Waals surface area contributed by atoms with E-state index in [1.165, 1.54) is 0 Å². The van der Waals surface area contributed by atoms with Gasteiger partial charge >= 0.3 is 0 Å². The van der Waals surface area contributed by atoms with E-state index in [9.17, 15) is 9.18 Å². The van der Waals surface area contributed by atoms with Crippen LogP contribution in [0.25, 0.3) is 0 Å². The summed E-state index contributed by atoms with van der Waals surface area (Å²) in [7, 11) is 0. The van der Waals surface area contributed by atoms with Crippen molar-refractivity contribution in [2.45, 2.75) is 12.1 Å². The first kappa shape index (κ1) is 9.34. The molecule has 2 rings (SSSR count). The second-order valence-corrected chi connectivity index (χ2v) is 3.51. The Hall–Kier alpha value is -1.22. The van der Waals surface area contributed by atoms with Gasteiger partial charge in [0.25, 0.3) is 0 Å². The monoisotopic (exact) mass is 194 g/mol. The number of benzene rings is 1. The Morgan fingerprint density at radius 1 is 1.50 bits per heavy atom. The minimum absolute atomic E-state index is 0.0926. The topological polar surface area (TPSA) is 26.3 Å². The summed E-state index contributed by atoms with van der Waals surface area (Å²) >= 11 is 0. The smallest absolute Gasteiger partial charge is 0.161 e. The van der Waals surface area contributed by atoms with Crippen LogP contribution in [0.15, 0.2) is 24.3 Å². The maximum Gasteiger partial charge on any atom is 0.161 e.